The van der Waals surface area contributed by atoms with E-state index in [1.54, 1.807) is 30.9 Å². The zero-order valence-corrected chi connectivity index (χ0v) is 17.0. The van der Waals surface area contributed by atoms with Crippen LogP contribution in [0.5, 0.6) is 0 Å². The molecule has 0 aliphatic carbocycles. The molecular formula is C21H21F3N6O. The standard InChI is InChI=1S/C21H21F3N6O/c1-3-15-19(31)28(2)16-13-26-20(27-18(16)29(15)11-9-21(22,23)24)30-12-10-25-17(30)14-7-5-4-6-8-14/h4-8,10,12-13,15H,3,9,11H2,1-2H3/t15-/m1/s1. The summed E-state index contributed by atoms with van der Waals surface area (Å²) in [6, 6.07) is 8.72. The van der Waals surface area contributed by atoms with Crippen LogP contribution in [-0.2, 0) is 4.79 Å². The molecule has 4 rings (SSSR count). The van der Waals surface area contributed by atoms with Crippen LogP contribution in [0.2, 0.25) is 0 Å². The molecule has 0 unspecified atom stereocenters. The van der Waals surface area contributed by atoms with Crippen molar-refractivity contribution in [1.29, 1.82) is 0 Å². The summed E-state index contributed by atoms with van der Waals surface area (Å²) < 4.78 is 40.6. The number of carbonyl (C=O) groups is 1. The van der Waals surface area contributed by atoms with Crippen LogP contribution in [0.25, 0.3) is 17.3 Å². The number of anilines is 2. The maximum absolute atomic E-state index is 13.0. The first-order valence-corrected chi connectivity index (χ1v) is 9.87. The Balaban J connectivity index is 1.79. The lowest BCUT2D eigenvalue weighted by Crippen LogP contribution is -2.53. The van der Waals surface area contributed by atoms with Crippen LogP contribution >= 0.6 is 0 Å². The fourth-order valence-electron chi connectivity index (χ4n) is 3.71. The Morgan fingerprint density at radius 1 is 1.13 bits per heavy atom. The number of amides is 1. The topological polar surface area (TPSA) is 67.2 Å². The lowest BCUT2D eigenvalue weighted by atomic mass is 10.1. The van der Waals surface area contributed by atoms with Crippen LogP contribution in [0.4, 0.5) is 24.7 Å². The Morgan fingerprint density at radius 3 is 2.55 bits per heavy atom. The Labute approximate surface area is 177 Å². The summed E-state index contributed by atoms with van der Waals surface area (Å²) in [5, 5.41) is 0. The molecule has 10 heteroatoms. The lowest BCUT2D eigenvalue weighted by molar-refractivity contribution is -0.133. The second kappa shape index (κ2) is 8.01. The Morgan fingerprint density at radius 2 is 1.87 bits per heavy atom. The van der Waals surface area contributed by atoms with E-state index in [0.29, 0.717) is 23.8 Å². The molecule has 0 saturated carbocycles. The Kier molecular flexibility index (Phi) is 5.38. The summed E-state index contributed by atoms with van der Waals surface area (Å²) in [5.41, 5.74) is 1.23. The molecule has 31 heavy (non-hydrogen) atoms. The van der Waals surface area contributed by atoms with E-state index in [2.05, 4.69) is 15.0 Å². The Bertz CT molecular complexity index is 1080. The molecule has 1 aromatic carbocycles. The normalized spacial score (nSPS) is 16.5. The molecule has 0 radical (unpaired) electrons. The first-order chi connectivity index (χ1) is 14.8. The third-order valence-electron chi connectivity index (χ3n) is 5.27. The number of carbonyl (C=O) groups excluding carboxylic acids is 1. The highest BCUT2D eigenvalue weighted by Gasteiger charge is 2.39. The number of fused-ring (bicyclic) bond motifs is 1. The zero-order chi connectivity index (χ0) is 22.2. The quantitative estimate of drug-likeness (QED) is 0.615. The fraction of sp³-hybridized carbons (Fsp3) is 0.333. The van der Waals surface area contributed by atoms with Crippen LogP contribution in [0.3, 0.4) is 0 Å². The highest BCUT2D eigenvalue weighted by molar-refractivity contribution is 6.04. The van der Waals surface area contributed by atoms with Gasteiger partial charge in [0.15, 0.2) is 5.82 Å². The first kappa shape index (κ1) is 20.8. The smallest absolute Gasteiger partial charge is 0.342 e. The summed E-state index contributed by atoms with van der Waals surface area (Å²) >= 11 is 0. The van der Waals surface area contributed by atoms with Crippen molar-refractivity contribution >= 4 is 17.4 Å². The molecule has 1 amide bonds. The predicted molar refractivity (Wildman–Crippen MR) is 110 cm³/mol. The average molecular weight is 430 g/mol. The molecule has 2 aromatic heterocycles. The number of rotatable bonds is 5. The SMILES string of the molecule is CC[C@@H]1C(=O)N(C)c2cnc(-n3ccnc3-c3ccccc3)nc2N1CCC(F)(F)F. The van der Waals surface area contributed by atoms with E-state index < -0.39 is 18.6 Å². The van der Waals surface area contributed by atoms with Crippen molar-refractivity contribution in [2.24, 2.45) is 0 Å². The second-order valence-corrected chi connectivity index (χ2v) is 7.25. The number of alkyl halides is 3. The van der Waals surface area contributed by atoms with Gasteiger partial charge in [0.25, 0.3) is 0 Å². The number of benzene rings is 1. The summed E-state index contributed by atoms with van der Waals surface area (Å²) in [4.78, 5) is 28.9. The highest BCUT2D eigenvalue weighted by Crippen LogP contribution is 2.36. The second-order valence-electron chi connectivity index (χ2n) is 7.25. The minimum Gasteiger partial charge on any atom is -0.342 e. The van der Waals surface area contributed by atoms with Crippen LogP contribution < -0.4 is 9.80 Å². The Hall–Kier alpha value is -3.43. The molecule has 0 fully saturated rings. The van der Waals surface area contributed by atoms with Gasteiger partial charge in [-0.2, -0.15) is 18.2 Å². The molecule has 0 spiro atoms. The van der Waals surface area contributed by atoms with E-state index in [1.807, 2.05) is 30.3 Å². The van der Waals surface area contributed by atoms with Crippen molar-refractivity contribution in [1.82, 2.24) is 19.5 Å². The maximum Gasteiger partial charge on any atom is 0.390 e. The molecule has 162 valence electrons. The molecule has 0 bridgehead atoms. The molecule has 3 aromatic rings. The first-order valence-electron chi connectivity index (χ1n) is 9.87. The fourth-order valence-corrected chi connectivity index (χ4v) is 3.71. The van der Waals surface area contributed by atoms with Gasteiger partial charge in [0, 0.05) is 31.5 Å². The molecule has 1 atom stereocenters. The maximum atomic E-state index is 13.0. The molecule has 0 N–H and O–H groups in total. The number of aromatic nitrogens is 4. The molecule has 7 nitrogen and oxygen atoms in total. The third-order valence-corrected chi connectivity index (χ3v) is 5.27. The van der Waals surface area contributed by atoms with Crippen LogP contribution in [-0.4, -0.2) is 51.2 Å². The molecule has 1 aliphatic heterocycles. The van der Waals surface area contributed by atoms with E-state index in [0.717, 1.165) is 5.56 Å². The van der Waals surface area contributed by atoms with Gasteiger partial charge >= 0.3 is 6.18 Å². The van der Waals surface area contributed by atoms with Crippen molar-refractivity contribution in [3.05, 3.63) is 48.9 Å². The van der Waals surface area contributed by atoms with Gasteiger partial charge in [-0.3, -0.25) is 9.36 Å². The predicted octanol–water partition coefficient (Wildman–Crippen LogP) is 3.84. The largest absolute Gasteiger partial charge is 0.390 e. The number of hydrogen-bond donors (Lipinski definition) is 0. The van der Waals surface area contributed by atoms with Gasteiger partial charge in [0.05, 0.1) is 12.6 Å². The minimum atomic E-state index is -4.34. The van der Waals surface area contributed by atoms with E-state index in [1.165, 1.54) is 16.0 Å². The summed E-state index contributed by atoms with van der Waals surface area (Å²) in [7, 11) is 1.58. The van der Waals surface area contributed by atoms with Crippen LogP contribution in [0.1, 0.15) is 19.8 Å². The van der Waals surface area contributed by atoms with Crippen molar-refractivity contribution in [3.63, 3.8) is 0 Å². The van der Waals surface area contributed by atoms with Crippen molar-refractivity contribution < 1.29 is 18.0 Å². The van der Waals surface area contributed by atoms with Crippen LogP contribution in [0, 0.1) is 0 Å². The summed E-state index contributed by atoms with van der Waals surface area (Å²) in [6.45, 7) is 1.41. The van der Waals surface area contributed by atoms with Gasteiger partial charge < -0.3 is 9.80 Å². The van der Waals surface area contributed by atoms with Gasteiger partial charge in [0.2, 0.25) is 11.9 Å². The van der Waals surface area contributed by atoms with E-state index in [-0.39, 0.29) is 18.4 Å². The van der Waals surface area contributed by atoms with Crippen molar-refractivity contribution in [3.8, 4) is 17.3 Å². The minimum absolute atomic E-state index is 0.268. The van der Waals surface area contributed by atoms with Crippen molar-refractivity contribution in [2.45, 2.75) is 32.0 Å². The number of likely N-dealkylation sites (N-methyl/N-ethyl adjacent to an activating group) is 1. The molecular weight excluding hydrogens is 409 g/mol. The van der Waals surface area contributed by atoms with E-state index in [4.69, 9.17) is 0 Å². The number of hydrogen-bond acceptors (Lipinski definition) is 5. The number of halogens is 3. The van der Waals surface area contributed by atoms with Gasteiger partial charge in [-0.1, -0.05) is 37.3 Å². The van der Waals surface area contributed by atoms with Crippen LogP contribution in [0.15, 0.2) is 48.9 Å². The zero-order valence-electron chi connectivity index (χ0n) is 17.0. The van der Waals surface area contributed by atoms with E-state index in [9.17, 15) is 18.0 Å². The molecule has 1 aliphatic rings. The van der Waals surface area contributed by atoms with Gasteiger partial charge in [-0.05, 0) is 6.42 Å². The van der Waals surface area contributed by atoms with Gasteiger partial charge in [-0.25, -0.2) is 9.97 Å². The van der Waals surface area contributed by atoms with Gasteiger partial charge in [-0.15, -0.1) is 0 Å². The summed E-state index contributed by atoms with van der Waals surface area (Å²) in [5.74, 6) is 0.899. The molecule has 0 saturated heterocycles. The van der Waals surface area contributed by atoms with E-state index >= 15 is 0 Å². The van der Waals surface area contributed by atoms with Gasteiger partial charge in [0.1, 0.15) is 17.6 Å². The molecule has 3 heterocycles. The van der Waals surface area contributed by atoms with Crippen molar-refractivity contribution in [2.75, 3.05) is 23.4 Å². The monoisotopic (exact) mass is 430 g/mol. The third kappa shape index (κ3) is 3.97. The number of imidazole rings is 1. The number of nitrogens with zero attached hydrogens (tertiary/aromatic N) is 6. The lowest BCUT2D eigenvalue weighted by Gasteiger charge is -2.40. The average Bonchev–Trinajstić information content (AvgIpc) is 3.25. The highest BCUT2D eigenvalue weighted by atomic mass is 19.4. The summed E-state index contributed by atoms with van der Waals surface area (Å²) in [6.07, 6.45) is -0.252.